The number of nitrogens with zero attached hydrogens (tertiary/aromatic N) is 3. The molecule has 0 aliphatic carbocycles. The SMILES string of the molecule is CC1(C)COC(c2cccc(C3=NC(C)(C)CO3)n2)=N1.[Cl-].[Cl-].[Cl-].[V]. The minimum atomic E-state index is -0.184. The largest absolute Gasteiger partial charge is 1.00 e. The van der Waals surface area contributed by atoms with E-state index < -0.39 is 0 Å². The monoisotopic (exact) mass is 429 g/mol. The Labute approximate surface area is 173 Å². The molecule has 0 amide bonds. The molecule has 1 aromatic heterocycles. The Morgan fingerprint density at radius 2 is 1.17 bits per heavy atom. The Morgan fingerprint density at radius 3 is 1.46 bits per heavy atom. The van der Waals surface area contributed by atoms with Gasteiger partial charge in [0.25, 0.3) is 0 Å². The average Bonchev–Trinajstić information content (AvgIpc) is 2.92. The first-order valence-electron chi connectivity index (χ1n) is 6.78. The molecule has 0 atom stereocenters. The molecule has 1 radical (unpaired) electrons. The molecule has 24 heavy (non-hydrogen) atoms. The van der Waals surface area contributed by atoms with E-state index in [1.165, 1.54) is 0 Å². The van der Waals surface area contributed by atoms with Crippen LogP contribution >= 0.6 is 0 Å². The summed E-state index contributed by atoms with van der Waals surface area (Å²) in [5, 5.41) is 0. The molecule has 3 heterocycles. The fraction of sp³-hybridized carbons (Fsp3) is 0.533. The normalized spacial score (nSPS) is 19.0. The van der Waals surface area contributed by atoms with Crippen molar-refractivity contribution in [1.82, 2.24) is 4.98 Å². The van der Waals surface area contributed by atoms with E-state index in [0.717, 1.165) is 11.4 Å². The van der Waals surface area contributed by atoms with E-state index in [9.17, 15) is 0 Å². The summed E-state index contributed by atoms with van der Waals surface area (Å²) in [6, 6.07) is 5.71. The van der Waals surface area contributed by atoms with E-state index in [1.807, 2.05) is 45.9 Å². The van der Waals surface area contributed by atoms with Crippen molar-refractivity contribution in [3.8, 4) is 0 Å². The maximum absolute atomic E-state index is 5.62. The van der Waals surface area contributed by atoms with E-state index in [2.05, 4.69) is 15.0 Å². The minimum absolute atomic E-state index is 0. The van der Waals surface area contributed by atoms with Crippen LogP contribution in [0.4, 0.5) is 0 Å². The second-order valence-corrected chi connectivity index (χ2v) is 6.44. The van der Waals surface area contributed by atoms with Gasteiger partial charge in [-0.1, -0.05) is 6.07 Å². The van der Waals surface area contributed by atoms with Crippen LogP contribution in [0.15, 0.2) is 28.2 Å². The molecule has 0 saturated carbocycles. The molecule has 0 bridgehead atoms. The maximum Gasteiger partial charge on any atom is 0.236 e. The van der Waals surface area contributed by atoms with Crippen molar-refractivity contribution in [3.63, 3.8) is 0 Å². The van der Waals surface area contributed by atoms with Crippen LogP contribution in [0, 0.1) is 0 Å². The van der Waals surface area contributed by atoms with Crippen molar-refractivity contribution in [3.05, 3.63) is 29.6 Å². The van der Waals surface area contributed by atoms with Crippen LogP contribution in [-0.4, -0.2) is 41.1 Å². The van der Waals surface area contributed by atoms with E-state index in [1.54, 1.807) is 0 Å². The minimum Gasteiger partial charge on any atom is -1.00 e. The molecule has 5 nitrogen and oxygen atoms in total. The van der Waals surface area contributed by atoms with E-state index in [4.69, 9.17) is 9.47 Å². The van der Waals surface area contributed by atoms with Gasteiger partial charge in [-0.2, -0.15) is 0 Å². The predicted octanol–water partition coefficient (Wildman–Crippen LogP) is -6.80. The average molecular weight is 431 g/mol. The summed E-state index contributed by atoms with van der Waals surface area (Å²) in [5.41, 5.74) is 1.08. The Morgan fingerprint density at radius 1 is 0.792 bits per heavy atom. The molecule has 0 saturated heterocycles. The summed E-state index contributed by atoms with van der Waals surface area (Å²) >= 11 is 0. The molecular formula is C15H19Cl3N3O2V-3. The van der Waals surface area contributed by atoms with Crippen LogP contribution in [0.2, 0.25) is 0 Å². The molecule has 0 unspecified atom stereocenters. The Bertz CT molecular complexity index is 572. The Balaban J connectivity index is 0. The molecule has 0 aromatic carbocycles. The summed E-state index contributed by atoms with van der Waals surface area (Å²) in [6.45, 7) is 9.32. The van der Waals surface area contributed by atoms with Crippen LogP contribution in [-0.2, 0) is 28.0 Å². The molecule has 0 fully saturated rings. The fourth-order valence-electron chi connectivity index (χ4n) is 2.10. The summed E-state index contributed by atoms with van der Waals surface area (Å²) < 4.78 is 11.2. The topological polar surface area (TPSA) is 56.1 Å². The number of aromatic nitrogens is 1. The third kappa shape index (κ3) is 5.82. The van der Waals surface area contributed by atoms with E-state index in [0.29, 0.717) is 25.0 Å². The van der Waals surface area contributed by atoms with Crippen molar-refractivity contribution in [1.29, 1.82) is 0 Å². The van der Waals surface area contributed by atoms with E-state index >= 15 is 0 Å². The number of halogens is 3. The van der Waals surface area contributed by atoms with Crippen molar-refractivity contribution in [2.24, 2.45) is 9.98 Å². The van der Waals surface area contributed by atoms with Crippen LogP contribution in [0.5, 0.6) is 0 Å². The van der Waals surface area contributed by atoms with Crippen LogP contribution in [0.3, 0.4) is 0 Å². The number of ether oxygens (including phenoxy) is 2. The van der Waals surface area contributed by atoms with E-state index in [-0.39, 0.29) is 66.9 Å². The third-order valence-corrected chi connectivity index (χ3v) is 3.12. The molecule has 2 aliphatic heterocycles. The molecule has 3 rings (SSSR count). The fourth-order valence-corrected chi connectivity index (χ4v) is 2.10. The number of aliphatic imine (C=N–C) groups is 2. The standard InChI is InChI=1S/C15H19N3O2.3ClH.V/c1-14(2)8-19-12(17-14)10-6-5-7-11(16-10)13-18-15(3,4)9-20-13;;;;/h5-7H,8-9H2,1-4H3;3*1H;/p-3. The van der Waals surface area contributed by atoms with Crippen molar-refractivity contribution in [2.75, 3.05) is 13.2 Å². The molecule has 9 heteroatoms. The quantitative estimate of drug-likeness (QED) is 0.469. The Hall–Kier alpha value is -0.456. The number of pyridine rings is 1. The summed E-state index contributed by atoms with van der Waals surface area (Å²) in [5.74, 6) is 1.18. The zero-order valence-electron chi connectivity index (χ0n) is 13.9. The van der Waals surface area contributed by atoms with Crippen molar-refractivity contribution >= 4 is 11.8 Å². The molecule has 0 spiro atoms. The zero-order chi connectivity index (χ0) is 14.4. The maximum atomic E-state index is 5.62. The van der Waals surface area contributed by atoms with Crippen LogP contribution in [0.25, 0.3) is 0 Å². The first kappa shape index (κ1) is 25.8. The van der Waals surface area contributed by atoms with Gasteiger partial charge in [0.2, 0.25) is 11.8 Å². The number of hydrogen-bond donors (Lipinski definition) is 0. The molecule has 0 N–H and O–H groups in total. The smallest absolute Gasteiger partial charge is 0.236 e. The van der Waals surface area contributed by atoms with Crippen molar-refractivity contribution in [2.45, 2.75) is 38.8 Å². The van der Waals surface area contributed by atoms with Gasteiger partial charge in [-0.15, -0.1) is 0 Å². The number of rotatable bonds is 2. The van der Waals surface area contributed by atoms with Gasteiger partial charge < -0.3 is 46.7 Å². The first-order valence-corrected chi connectivity index (χ1v) is 6.78. The summed E-state index contributed by atoms with van der Waals surface area (Å²) in [7, 11) is 0. The van der Waals surface area contributed by atoms with Gasteiger partial charge in [-0.05, 0) is 39.8 Å². The molecule has 1 aromatic rings. The van der Waals surface area contributed by atoms with Crippen LogP contribution < -0.4 is 37.2 Å². The zero-order valence-corrected chi connectivity index (χ0v) is 17.5. The second-order valence-electron chi connectivity index (χ2n) is 6.44. The van der Waals surface area contributed by atoms with Gasteiger partial charge in [0.1, 0.15) is 24.6 Å². The third-order valence-electron chi connectivity index (χ3n) is 3.12. The van der Waals surface area contributed by atoms with Gasteiger partial charge in [-0.25, -0.2) is 15.0 Å². The first-order chi connectivity index (χ1) is 9.35. The molecular weight excluding hydrogens is 411 g/mol. The van der Waals surface area contributed by atoms with Crippen molar-refractivity contribution < 1.29 is 65.3 Å². The predicted molar refractivity (Wildman–Crippen MR) is 77.4 cm³/mol. The van der Waals surface area contributed by atoms with Gasteiger partial charge in [0, 0.05) is 18.6 Å². The summed E-state index contributed by atoms with van der Waals surface area (Å²) in [6.07, 6.45) is 0. The Kier molecular flexibility index (Phi) is 9.99. The number of hydrogen-bond acceptors (Lipinski definition) is 5. The van der Waals surface area contributed by atoms with Gasteiger partial charge in [-0.3, -0.25) is 0 Å². The van der Waals surface area contributed by atoms with Gasteiger partial charge in [0.05, 0.1) is 11.1 Å². The van der Waals surface area contributed by atoms with Crippen LogP contribution in [0.1, 0.15) is 39.1 Å². The van der Waals surface area contributed by atoms with Gasteiger partial charge >= 0.3 is 0 Å². The molecule has 135 valence electrons. The summed E-state index contributed by atoms with van der Waals surface area (Å²) in [4.78, 5) is 13.6. The molecule has 2 aliphatic rings. The second kappa shape index (κ2) is 9.30. The van der Waals surface area contributed by atoms with Gasteiger partial charge in [0.15, 0.2) is 0 Å².